The van der Waals surface area contributed by atoms with Gasteiger partial charge in [-0.25, -0.2) is 0 Å². The van der Waals surface area contributed by atoms with Gasteiger partial charge in [0.15, 0.2) is 0 Å². The van der Waals surface area contributed by atoms with Crippen LogP contribution in [0.5, 0.6) is 23.0 Å². The number of hydrogen-bond donors (Lipinski definition) is 2. The minimum absolute atomic E-state index is 0.157. The molecule has 1 aliphatic carbocycles. The molecule has 2 aliphatic heterocycles. The van der Waals surface area contributed by atoms with Crippen LogP contribution in [0.1, 0.15) is 57.5 Å². The highest BCUT2D eigenvalue weighted by atomic mass is 35.5. The highest BCUT2D eigenvalue weighted by Gasteiger charge is 2.36. The van der Waals surface area contributed by atoms with E-state index in [-0.39, 0.29) is 58.6 Å². The molecule has 4 aromatic carbocycles. The Balaban J connectivity index is 0.481. The van der Waals surface area contributed by atoms with Gasteiger partial charge in [0.2, 0.25) is 11.8 Å². The van der Waals surface area contributed by atoms with Crippen LogP contribution in [0, 0.1) is 0 Å². The lowest BCUT2D eigenvalue weighted by Gasteiger charge is -2.38. The van der Waals surface area contributed by atoms with E-state index < -0.39 is 0 Å². The van der Waals surface area contributed by atoms with Gasteiger partial charge in [-0.3, -0.25) is 29.1 Å². The number of hydrogen-bond acceptors (Lipinski definition) is 20. The molecule has 0 radical (unpaired) electrons. The van der Waals surface area contributed by atoms with Crippen molar-refractivity contribution >= 4 is 92.8 Å². The number of aromatic nitrogens is 2. The van der Waals surface area contributed by atoms with Crippen molar-refractivity contribution in [3.8, 4) is 23.0 Å². The zero-order valence-corrected chi connectivity index (χ0v) is 59.3. The fraction of sp³-hybridized carbons (Fsp3) is 0.472. The Hall–Kier alpha value is -6.98. The number of nitrogens with one attached hydrogen (secondary N) is 2. The second-order valence-corrected chi connectivity index (χ2v) is 24.9. The number of likely N-dealkylation sites (N-methyl/N-ethyl adjacent to an activating group) is 1. The van der Waals surface area contributed by atoms with E-state index in [1.54, 1.807) is 58.6 Å². The van der Waals surface area contributed by atoms with Gasteiger partial charge >= 0.3 is 0 Å². The van der Waals surface area contributed by atoms with E-state index >= 15 is 0 Å². The second-order valence-electron chi connectivity index (χ2n) is 23.3. The van der Waals surface area contributed by atoms with Crippen molar-refractivity contribution < 1.29 is 76.0 Å². The lowest BCUT2D eigenvalue weighted by Crippen LogP contribution is -2.45. The molecule has 6 aromatic rings. The summed E-state index contributed by atoms with van der Waals surface area (Å²) >= 11 is 26.6. The zero-order valence-electron chi connectivity index (χ0n) is 56.3. The van der Waals surface area contributed by atoms with Crippen LogP contribution in [0.2, 0.25) is 20.1 Å². The monoisotopic (exact) mass is 1460 g/mol. The molecule has 3 aliphatic rings. The summed E-state index contributed by atoms with van der Waals surface area (Å²) in [5.41, 5.74) is 5.63. The minimum Gasteiger partial charge on any atom is -0.455 e. The molecule has 28 heteroatoms. The molecule has 24 nitrogen and oxygen atoms in total. The van der Waals surface area contributed by atoms with Crippen molar-refractivity contribution in [3.05, 3.63) is 152 Å². The lowest BCUT2D eigenvalue weighted by molar-refractivity contribution is -0.122. The molecule has 4 amide bonds. The Morgan fingerprint density at radius 1 is 0.420 bits per heavy atom. The molecular formula is C72H88Cl4N8O16. The predicted octanol–water partition coefficient (Wildman–Crippen LogP) is 10.4. The molecule has 0 spiro atoms. The summed E-state index contributed by atoms with van der Waals surface area (Å²) in [4.78, 5) is 69.5. The molecule has 0 saturated heterocycles. The van der Waals surface area contributed by atoms with Gasteiger partial charge in [0, 0.05) is 112 Å². The molecule has 2 aromatic heterocycles. The topological polar surface area (TPSA) is 242 Å². The number of nitrogens with zero attached hydrogens (tertiary/aromatic N) is 6. The Kier molecular flexibility index (Phi) is 32.8. The summed E-state index contributed by atoms with van der Waals surface area (Å²) in [5.74, 6) is 0.365. The van der Waals surface area contributed by atoms with Gasteiger partial charge in [-0.1, -0.05) is 70.7 Å². The summed E-state index contributed by atoms with van der Waals surface area (Å²) in [6.45, 7) is 11.3. The van der Waals surface area contributed by atoms with Crippen LogP contribution in [0.15, 0.2) is 110 Å². The first-order chi connectivity index (χ1) is 48.9. The summed E-state index contributed by atoms with van der Waals surface area (Å²) in [6.07, 6.45) is 9.50. The third kappa shape index (κ3) is 24.6. The number of fused-ring (bicyclic) bond motifs is 2. The number of halogens is 4. The molecule has 4 heterocycles. The van der Waals surface area contributed by atoms with Crippen molar-refractivity contribution in [2.24, 2.45) is 0 Å². The number of para-hydroxylation sites is 4. The van der Waals surface area contributed by atoms with E-state index in [0.717, 1.165) is 42.1 Å². The second kappa shape index (κ2) is 42.4. The van der Waals surface area contributed by atoms with Crippen LogP contribution in [0.3, 0.4) is 0 Å². The molecule has 100 heavy (non-hydrogen) atoms. The number of aryl methyl sites for hydroxylation is 2. The van der Waals surface area contributed by atoms with Gasteiger partial charge in [-0.2, -0.15) is 0 Å². The maximum Gasteiger partial charge on any atom is 0.263 e. The summed E-state index contributed by atoms with van der Waals surface area (Å²) in [6, 6.07) is 26.0. The molecule has 9 rings (SSSR count). The summed E-state index contributed by atoms with van der Waals surface area (Å²) in [7, 11) is 2.00. The van der Waals surface area contributed by atoms with Crippen LogP contribution in [0.4, 0.5) is 22.7 Å². The first-order valence-corrected chi connectivity index (χ1v) is 35.2. The normalized spacial score (nSPS) is 13.5. The van der Waals surface area contributed by atoms with Crippen LogP contribution >= 0.6 is 46.4 Å². The Labute approximate surface area is 603 Å². The lowest BCUT2D eigenvalue weighted by atomic mass is 10.1. The average Bonchev–Trinajstić information content (AvgIpc) is 1.33. The Morgan fingerprint density at radius 2 is 0.770 bits per heavy atom. The SMILES string of the molecule is CN1CCN(C(=O)c2cnccc2Oc2cc(Cl)c(CCC(=O)NCCOCCOCCOCCOCCOCCOCCOCCOCCOCCOCCNC(=O)CCc3cc(Cl)c(Oc4ccncc4C(=O)N4CCN(C5CC5)c5ccccc54)cc3Cl)cc2Cl)c2ccccc21. The van der Waals surface area contributed by atoms with Gasteiger partial charge in [-0.05, 0) is 85.3 Å². The molecular weight excluding hydrogens is 1370 g/mol. The van der Waals surface area contributed by atoms with Crippen molar-refractivity contribution in [2.75, 3.05) is 198 Å². The first kappa shape index (κ1) is 77.2. The predicted molar refractivity (Wildman–Crippen MR) is 382 cm³/mol. The highest BCUT2D eigenvalue weighted by Crippen LogP contribution is 2.43. The number of anilines is 4. The van der Waals surface area contributed by atoms with Crippen molar-refractivity contribution in [3.63, 3.8) is 0 Å². The van der Waals surface area contributed by atoms with Gasteiger partial charge in [0.1, 0.15) is 34.1 Å². The fourth-order valence-corrected chi connectivity index (χ4v) is 11.8. The molecule has 0 bridgehead atoms. The highest BCUT2D eigenvalue weighted by molar-refractivity contribution is 6.35. The smallest absolute Gasteiger partial charge is 0.263 e. The quantitative estimate of drug-likeness (QED) is 0.0338. The standard InChI is InChI=1S/C72H88Cl4N8O16/c1-81-22-23-83(62-7-3-2-6-61(62)81)71(87)55-50-77-18-16-65(55)99-67-48-57(73)52(46-59(67)75)10-14-69(85)79-20-26-89-28-30-91-32-34-93-36-38-95-40-42-97-44-45-98-43-41-96-39-37-94-35-33-92-31-29-90-27-21-80-70(86)15-11-53-47-60(76)68(49-58(53)74)100-66-17-19-78-51-56(66)72(88)84-25-24-82(54-12-13-54)63-8-4-5-9-64(63)84/h2-9,16-19,46-51,54H,10-15,20-45H2,1H3,(H,79,85)(H,80,86). The van der Waals surface area contributed by atoms with Gasteiger partial charge in [-0.15, -0.1) is 0 Å². The van der Waals surface area contributed by atoms with E-state index in [2.05, 4.69) is 36.5 Å². The molecule has 1 fully saturated rings. The number of rotatable bonds is 46. The maximum atomic E-state index is 14.0. The van der Waals surface area contributed by atoms with Gasteiger partial charge < -0.3 is 87.1 Å². The van der Waals surface area contributed by atoms with Crippen molar-refractivity contribution in [1.29, 1.82) is 0 Å². The zero-order chi connectivity index (χ0) is 70.1. The summed E-state index contributed by atoms with van der Waals surface area (Å²) < 4.78 is 68.0. The molecule has 0 unspecified atom stereocenters. The molecule has 0 atom stereocenters. The van der Waals surface area contributed by atoms with E-state index in [4.69, 9.17) is 103 Å². The summed E-state index contributed by atoms with van der Waals surface area (Å²) in [5, 5.41) is 7.04. The van der Waals surface area contributed by atoms with E-state index in [0.29, 0.717) is 227 Å². The molecule has 540 valence electrons. The molecule has 2 N–H and O–H groups in total. The number of carbonyl (C=O) groups is 4. The van der Waals surface area contributed by atoms with Crippen molar-refractivity contribution in [2.45, 2.75) is 44.6 Å². The Morgan fingerprint density at radius 3 is 1.16 bits per heavy atom. The van der Waals surface area contributed by atoms with Crippen LogP contribution < -0.4 is 39.7 Å². The number of ether oxygens (including phenoxy) is 12. The van der Waals surface area contributed by atoms with E-state index in [1.165, 1.54) is 12.4 Å². The van der Waals surface area contributed by atoms with Crippen LogP contribution in [-0.2, 0) is 69.8 Å². The van der Waals surface area contributed by atoms with Gasteiger partial charge in [0.25, 0.3) is 11.8 Å². The number of carbonyl (C=O) groups excluding carboxylic acids is 4. The van der Waals surface area contributed by atoms with E-state index in [9.17, 15) is 19.2 Å². The van der Waals surface area contributed by atoms with Crippen LogP contribution in [-0.4, -0.2) is 218 Å². The molecule has 1 saturated carbocycles. The van der Waals surface area contributed by atoms with Crippen LogP contribution in [0.25, 0.3) is 0 Å². The third-order valence-corrected chi connectivity index (χ3v) is 17.5. The third-order valence-electron chi connectivity index (χ3n) is 16.2. The average molecular weight is 1460 g/mol. The largest absolute Gasteiger partial charge is 0.455 e. The van der Waals surface area contributed by atoms with Gasteiger partial charge in [0.05, 0.1) is 165 Å². The van der Waals surface area contributed by atoms with E-state index in [1.807, 2.05) is 49.5 Å². The van der Waals surface area contributed by atoms with Crippen molar-refractivity contribution in [1.82, 2.24) is 20.6 Å². The minimum atomic E-state index is -0.245. The maximum absolute atomic E-state index is 14.0. The Bertz CT molecular complexity index is 3560. The number of benzene rings is 4. The first-order valence-electron chi connectivity index (χ1n) is 33.7. The fourth-order valence-electron chi connectivity index (χ4n) is 10.8. The number of pyridine rings is 2. The number of amides is 4.